The predicted octanol–water partition coefficient (Wildman–Crippen LogP) is 3.28. The monoisotopic (exact) mass is 331 g/mol. The van der Waals surface area contributed by atoms with Gasteiger partial charge in [0, 0.05) is 5.38 Å². The Kier molecular flexibility index (Phi) is 4.38. The van der Waals surface area contributed by atoms with Crippen LogP contribution in [0.1, 0.15) is 24.1 Å². The molecule has 0 saturated heterocycles. The van der Waals surface area contributed by atoms with Crippen LogP contribution in [-0.2, 0) is 11.0 Å². The van der Waals surface area contributed by atoms with Gasteiger partial charge in [0.1, 0.15) is 0 Å². The van der Waals surface area contributed by atoms with Gasteiger partial charge in [-0.1, -0.05) is 12.1 Å². The maximum atomic E-state index is 12.5. The van der Waals surface area contributed by atoms with Crippen LogP contribution in [0.3, 0.4) is 0 Å². The summed E-state index contributed by atoms with van der Waals surface area (Å²) in [6.45, 7) is 1.63. The molecule has 0 aliphatic carbocycles. The van der Waals surface area contributed by atoms with Gasteiger partial charge in [-0.25, -0.2) is 4.98 Å². The number of nitrogens with zero attached hydrogens (tertiary/aromatic N) is 2. The number of hydrogen-bond donors (Lipinski definition) is 2. The van der Waals surface area contributed by atoms with Crippen molar-refractivity contribution in [2.45, 2.75) is 19.0 Å². The van der Waals surface area contributed by atoms with Gasteiger partial charge in [-0.3, -0.25) is 10.0 Å². The normalized spacial score (nSPS) is 13.0. The molecule has 0 bridgehead atoms. The highest BCUT2D eigenvalue weighted by atomic mass is 32.1. The molecule has 5 nitrogen and oxygen atoms in total. The number of aromatic nitrogens is 1. The molecule has 0 fully saturated rings. The summed E-state index contributed by atoms with van der Waals surface area (Å²) in [5.41, 5.74) is 4.99. The molecule has 2 rings (SSSR count). The molecule has 0 saturated carbocycles. The van der Waals surface area contributed by atoms with Gasteiger partial charge in [0.2, 0.25) is 11.0 Å². The number of thiazole rings is 1. The van der Waals surface area contributed by atoms with Crippen LogP contribution in [0.2, 0.25) is 0 Å². The summed E-state index contributed by atoms with van der Waals surface area (Å²) in [7, 11) is 0. The van der Waals surface area contributed by atoms with E-state index in [-0.39, 0.29) is 10.8 Å². The Hall–Kier alpha value is -2.13. The first-order valence-electron chi connectivity index (χ1n) is 6.11. The molecule has 9 heteroatoms. The second kappa shape index (κ2) is 5.93. The lowest BCUT2D eigenvalue weighted by Crippen LogP contribution is -2.18. The number of primary amides is 1. The standard InChI is InChI=1S/C13H12F3N3O2S/c1-7(11(17)20)8-2-4-9(5-3-8)19(21)12-18-10(6-22-12)13(14,15)16/h2-7,21H,1H3,(H2,17,20). The van der Waals surface area contributed by atoms with Crippen LogP contribution in [0.25, 0.3) is 0 Å². The van der Waals surface area contributed by atoms with E-state index in [1.165, 1.54) is 12.1 Å². The van der Waals surface area contributed by atoms with Crippen molar-refractivity contribution in [1.29, 1.82) is 0 Å². The molecule has 118 valence electrons. The van der Waals surface area contributed by atoms with E-state index in [0.29, 0.717) is 22.0 Å². The number of nitrogens with two attached hydrogens (primary N) is 1. The van der Waals surface area contributed by atoms with Gasteiger partial charge >= 0.3 is 6.18 Å². The maximum Gasteiger partial charge on any atom is 0.434 e. The smallest absolute Gasteiger partial charge is 0.369 e. The summed E-state index contributed by atoms with van der Waals surface area (Å²) >= 11 is 0.665. The fourth-order valence-corrected chi connectivity index (χ4v) is 2.43. The third-order valence-electron chi connectivity index (χ3n) is 3.03. The largest absolute Gasteiger partial charge is 0.434 e. The number of anilines is 2. The third-order valence-corrected chi connectivity index (χ3v) is 3.84. The minimum Gasteiger partial charge on any atom is -0.369 e. The molecular formula is C13H12F3N3O2S. The van der Waals surface area contributed by atoms with Crippen molar-refractivity contribution in [2.75, 3.05) is 5.06 Å². The minimum atomic E-state index is -4.56. The van der Waals surface area contributed by atoms with Gasteiger partial charge in [-0.05, 0) is 24.6 Å². The predicted molar refractivity (Wildman–Crippen MR) is 75.1 cm³/mol. The van der Waals surface area contributed by atoms with Crippen LogP contribution in [0.4, 0.5) is 24.0 Å². The molecule has 0 spiro atoms. The van der Waals surface area contributed by atoms with Crippen LogP contribution in [0.5, 0.6) is 0 Å². The van der Waals surface area contributed by atoms with E-state index in [2.05, 4.69) is 4.98 Å². The number of carbonyl (C=O) groups excluding carboxylic acids is 1. The SMILES string of the molecule is CC(C(N)=O)c1ccc(N(O)c2nc(C(F)(F)F)cs2)cc1. The Morgan fingerprint density at radius 3 is 2.41 bits per heavy atom. The van der Waals surface area contributed by atoms with E-state index < -0.39 is 23.7 Å². The van der Waals surface area contributed by atoms with Gasteiger partial charge in [0.25, 0.3) is 0 Å². The average molecular weight is 331 g/mol. The maximum absolute atomic E-state index is 12.5. The molecular weight excluding hydrogens is 319 g/mol. The first kappa shape index (κ1) is 16.2. The summed E-state index contributed by atoms with van der Waals surface area (Å²) in [5, 5.41) is 11.1. The number of alkyl halides is 3. The summed E-state index contributed by atoms with van der Waals surface area (Å²) in [4.78, 5) is 14.4. The van der Waals surface area contributed by atoms with Crippen LogP contribution in [0, 0.1) is 0 Å². The van der Waals surface area contributed by atoms with Crippen molar-refractivity contribution in [2.24, 2.45) is 5.73 Å². The molecule has 1 unspecified atom stereocenters. The minimum absolute atomic E-state index is 0.206. The number of amides is 1. The molecule has 1 aromatic carbocycles. The number of carbonyl (C=O) groups is 1. The fraction of sp³-hybridized carbons (Fsp3) is 0.231. The Balaban J connectivity index is 2.21. The molecule has 0 aliphatic heterocycles. The molecule has 0 aliphatic rings. The molecule has 0 radical (unpaired) electrons. The van der Waals surface area contributed by atoms with E-state index in [0.717, 1.165) is 5.38 Å². The summed E-state index contributed by atoms with van der Waals surface area (Å²) in [6, 6.07) is 6.05. The molecule has 1 atom stereocenters. The Morgan fingerprint density at radius 1 is 1.36 bits per heavy atom. The Bertz CT molecular complexity index is 670. The van der Waals surface area contributed by atoms with Gasteiger partial charge in [-0.2, -0.15) is 18.2 Å². The first-order chi connectivity index (χ1) is 10.2. The lowest BCUT2D eigenvalue weighted by Gasteiger charge is -2.15. The zero-order valence-corrected chi connectivity index (χ0v) is 12.1. The van der Waals surface area contributed by atoms with Crippen LogP contribution >= 0.6 is 11.3 Å². The van der Waals surface area contributed by atoms with E-state index in [4.69, 9.17) is 5.73 Å². The molecule has 2 aromatic rings. The van der Waals surface area contributed by atoms with E-state index in [1.54, 1.807) is 19.1 Å². The van der Waals surface area contributed by atoms with Gasteiger partial charge in [-0.15, -0.1) is 11.3 Å². The zero-order chi connectivity index (χ0) is 16.5. The Labute approximate surface area is 127 Å². The topological polar surface area (TPSA) is 79.5 Å². The van der Waals surface area contributed by atoms with Crippen LogP contribution in [0.15, 0.2) is 29.6 Å². The first-order valence-corrected chi connectivity index (χ1v) is 6.99. The number of benzene rings is 1. The molecule has 1 amide bonds. The van der Waals surface area contributed by atoms with Crippen molar-refractivity contribution >= 4 is 28.1 Å². The number of hydrogen-bond acceptors (Lipinski definition) is 5. The highest BCUT2D eigenvalue weighted by Gasteiger charge is 2.34. The van der Waals surface area contributed by atoms with E-state index in [1.807, 2.05) is 0 Å². The van der Waals surface area contributed by atoms with Crippen molar-refractivity contribution in [3.63, 3.8) is 0 Å². The van der Waals surface area contributed by atoms with Crippen LogP contribution in [-0.4, -0.2) is 16.1 Å². The lowest BCUT2D eigenvalue weighted by atomic mass is 10.0. The van der Waals surface area contributed by atoms with E-state index in [9.17, 15) is 23.2 Å². The van der Waals surface area contributed by atoms with Crippen molar-refractivity contribution < 1.29 is 23.2 Å². The molecule has 3 N–H and O–H groups in total. The highest BCUT2D eigenvalue weighted by Crippen LogP contribution is 2.34. The Morgan fingerprint density at radius 2 is 1.95 bits per heavy atom. The van der Waals surface area contributed by atoms with Crippen molar-refractivity contribution in [3.05, 3.63) is 40.9 Å². The summed E-state index contributed by atoms with van der Waals surface area (Å²) in [5.74, 6) is -0.999. The lowest BCUT2D eigenvalue weighted by molar-refractivity contribution is -0.140. The number of halogens is 3. The molecule has 1 aromatic heterocycles. The van der Waals surface area contributed by atoms with Gasteiger partial charge < -0.3 is 5.73 Å². The van der Waals surface area contributed by atoms with Crippen LogP contribution < -0.4 is 10.8 Å². The second-order valence-electron chi connectivity index (χ2n) is 4.54. The second-order valence-corrected chi connectivity index (χ2v) is 5.38. The molecule has 22 heavy (non-hydrogen) atoms. The highest BCUT2D eigenvalue weighted by molar-refractivity contribution is 7.13. The van der Waals surface area contributed by atoms with E-state index >= 15 is 0 Å². The van der Waals surface area contributed by atoms with Crippen molar-refractivity contribution in [3.8, 4) is 0 Å². The number of rotatable bonds is 4. The third kappa shape index (κ3) is 3.37. The average Bonchev–Trinajstić information content (AvgIpc) is 2.95. The van der Waals surface area contributed by atoms with Crippen molar-refractivity contribution in [1.82, 2.24) is 4.98 Å². The zero-order valence-electron chi connectivity index (χ0n) is 11.3. The summed E-state index contributed by atoms with van der Waals surface area (Å²) in [6.07, 6.45) is -4.56. The van der Waals surface area contributed by atoms with Gasteiger partial charge in [0.05, 0.1) is 11.6 Å². The van der Waals surface area contributed by atoms with Gasteiger partial charge in [0.15, 0.2) is 5.69 Å². The quantitative estimate of drug-likeness (QED) is 0.843. The summed E-state index contributed by atoms with van der Waals surface area (Å²) < 4.78 is 37.5. The molecule has 1 heterocycles. The fourth-order valence-electron chi connectivity index (χ4n) is 1.67.